The SMILES string of the molecule is C=Cc1ccc(NC(=O)c2ccc(S(=O)(=O)On3c(=C)c4cccc5cccc(c3=O)c54)cc2)cc1. The fraction of sp³-hybridized carbons (Fsp3) is 0. The van der Waals surface area contributed by atoms with Gasteiger partial charge in [-0.3, -0.25) is 13.9 Å². The molecule has 0 aliphatic carbocycles. The highest BCUT2D eigenvalue weighted by Gasteiger charge is 2.21. The number of anilines is 1. The van der Waals surface area contributed by atoms with Gasteiger partial charge in [0.15, 0.2) is 0 Å². The van der Waals surface area contributed by atoms with Gasteiger partial charge in [0, 0.05) is 22.0 Å². The van der Waals surface area contributed by atoms with E-state index in [1.165, 1.54) is 24.3 Å². The summed E-state index contributed by atoms with van der Waals surface area (Å²) in [5.41, 5.74) is 1.12. The van der Waals surface area contributed by atoms with Crippen molar-refractivity contribution in [3.8, 4) is 0 Å². The summed E-state index contributed by atoms with van der Waals surface area (Å²) in [7, 11) is -4.40. The van der Waals surface area contributed by atoms with Crippen LogP contribution < -0.4 is 20.5 Å². The third kappa shape index (κ3) is 4.03. The number of hydrogen-bond acceptors (Lipinski definition) is 5. The van der Waals surface area contributed by atoms with Gasteiger partial charge in [-0.1, -0.05) is 61.7 Å². The minimum atomic E-state index is -4.40. The summed E-state index contributed by atoms with van der Waals surface area (Å²) in [4.78, 5) is 25.4. The molecule has 0 saturated carbocycles. The van der Waals surface area contributed by atoms with E-state index in [4.69, 9.17) is 4.28 Å². The van der Waals surface area contributed by atoms with Crippen LogP contribution in [0.2, 0.25) is 0 Å². The highest BCUT2D eigenvalue weighted by atomic mass is 32.2. The monoisotopic (exact) mass is 496 g/mol. The van der Waals surface area contributed by atoms with Crippen LogP contribution in [0.25, 0.3) is 34.2 Å². The number of benzene rings is 4. The maximum Gasteiger partial charge on any atom is 0.357 e. The van der Waals surface area contributed by atoms with Gasteiger partial charge in [0.25, 0.3) is 11.5 Å². The van der Waals surface area contributed by atoms with Crippen molar-refractivity contribution in [2.45, 2.75) is 4.90 Å². The summed E-state index contributed by atoms with van der Waals surface area (Å²) in [6.45, 7) is 7.58. The molecule has 0 unspecified atom stereocenters. The molecule has 5 rings (SSSR count). The van der Waals surface area contributed by atoms with E-state index in [-0.39, 0.29) is 15.8 Å². The molecule has 0 saturated heterocycles. The van der Waals surface area contributed by atoms with Crippen LogP contribution in [0.3, 0.4) is 0 Å². The molecule has 0 radical (unpaired) electrons. The Bertz CT molecular complexity index is 1790. The van der Waals surface area contributed by atoms with E-state index in [9.17, 15) is 18.0 Å². The Balaban J connectivity index is 1.44. The number of pyridine rings is 1. The predicted octanol–water partition coefficient (Wildman–Crippen LogP) is 4.00. The van der Waals surface area contributed by atoms with Crippen molar-refractivity contribution >= 4 is 55.9 Å². The van der Waals surface area contributed by atoms with Gasteiger partial charge in [-0.25, -0.2) is 0 Å². The summed E-state index contributed by atoms with van der Waals surface area (Å²) in [6.07, 6.45) is 1.69. The van der Waals surface area contributed by atoms with Crippen molar-refractivity contribution in [3.05, 3.63) is 118 Å². The van der Waals surface area contributed by atoms with Crippen molar-refractivity contribution in [1.29, 1.82) is 0 Å². The van der Waals surface area contributed by atoms with Gasteiger partial charge in [-0.15, -0.1) is 4.73 Å². The highest BCUT2D eigenvalue weighted by molar-refractivity contribution is 7.87. The Labute approximate surface area is 206 Å². The zero-order valence-electron chi connectivity index (χ0n) is 19.0. The number of carbonyl (C=O) groups excluding carboxylic acids is 1. The van der Waals surface area contributed by atoms with E-state index in [1.807, 2.05) is 24.3 Å². The summed E-state index contributed by atoms with van der Waals surface area (Å²) >= 11 is 0. The fourth-order valence-electron chi connectivity index (χ4n) is 4.00. The van der Waals surface area contributed by atoms with Crippen LogP contribution in [0.15, 0.2) is 101 Å². The molecule has 0 bridgehead atoms. The maximum atomic E-state index is 13.1. The largest absolute Gasteiger partial charge is 0.357 e. The van der Waals surface area contributed by atoms with Crippen LogP contribution in [-0.4, -0.2) is 19.1 Å². The van der Waals surface area contributed by atoms with Crippen LogP contribution in [0.4, 0.5) is 5.69 Å². The molecule has 1 N–H and O–H groups in total. The standard InChI is InChI=1S/C28H20N2O5S/c1-3-19-10-14-22(15-11-19)29-27(31)21-12-16-23(17-13-21)36(33,34)35-30-18(2)24-8-4-6-20-7-5-9-25(26(20)24)28(30)32/h3-17H,1-2H2,(H,29,31). The lowest BCUT2D eigenvalue weighted by molar-refractivity contribution is 0.102. The van der Waals surface area contributed by atoms with Gasteiger partial charge >= 0.3 is 10.1 Å². The van der Waals surface area contributed by atoms with Crippen molar-refractivity contribution in [3.63, 3.8) is 0 Å². The molecule has 0 atom stereocenters. The molecule has 8 heteroatoms. The molecule has 0 aliphatic rings. The molecular formula is C28H20N2O5S. The zero-order valence-corrected chi connectivity index (χ0v) is 19.8. The molecule has 0 spiro atoms. The minimum absolute atomic E-state index is 0.117. The van der Waals surface area contributed by atoms with Crippen LogP contribution in [0.5, 0.6) is 0 Å². The number of hydrogen-bond donors (Lipinski definition) is 1. The van der Waals surface area contributed by atoms with E-state index >= 15 is 0 Å². The third-order valence-electron chi connectivity index (χ3n) is 5.86. The first-order valence-corrected chi connectivity index (χ1v) is 12.3. The lowest BCUT2D eigenvalue weighted by Crippen LogP contribution is -2.40. The number of carbonyl (C=O) groups is 1. The van der Waals surface area contributed by atoms with E-state index in [2.05, 4.69) is 18.5 Å². The molecule has 4 aromatic carbocycles. The molecule has 1 amide bonds. The van der Waals surface area contributed by atoms with Crippen molar-refractivity contribution < 1.29 is 17.5 Å². The first-order valence-electron chi connectivity index (χ1n) is 10.9. The smallest absolute Gasteiger partial charge is 0.322 e. The Morgan fingerprint density at radius 2 is 1.53 bits per heavy atom. The number of aromatic nitrogens is 1. The molecule has 36 heavy (non-hydrogen) atoms. The van der Waals surface area contributed by atoms with E-state index < -0.39 is 21.6 Å². The predicted molar refractivity (Wildman–Crippen MR) is 141 cm³/mol. The van der Waals surface area contributed by atoms with Gasteiger partial charge in [0.2, 0.25) is 0 Å². The van der Waals surface area contributed by atoms with E-state index in [1.54, 1.807) is 42.5 Å². The van der Waals surface area contributed by atoms with Gasteiger partial charge in [-0.05, 0) is 53.4 Å². The van der Waals surface area contributed by atoms with Crippen LogP contribution in [0.1, 0.15) is 15.9 Å². The van der Waals surface area contributed by atoms with E-state index in [0.717, 1.165) is 10.9 Å². The highest BCUT2D eigenvalue weighted by Crippen LogP contribution is 2.22. The van der Waals surface area contributed by atoms with Crippen molar-refractivity contribution in [2.24, 2.45) is 0 Å². The molecule has 7 nitrogen and oxygen atoms in total. The number of nitrogens with zero attached hydrogens (tertiary/aromatic N) is 1. The first-order chi connectivity index (χ1) is 17.3. The van der Waals surface area contributed by atoms with Crippen molar-refractivity contribution in [2.75, 3.05) is 5.32 Å². The molecule has 1 aromatic heterocycles. The molecule has 5 aromatic rings. The number of rotatable bonds is 6. The molecule has 1 heterocycles. The average molecular weight is 497 g/mol. The zero-order chi connectivity index (χ0) is 25.4. The molecular weight excluding hydrogens is 476 g/mol. The van der Waals surface area contributed by atoms with Gasteiger partial charge < -0.3 is 5.32 Å². The normalized spacial score (nSPS) is 11.4. The van der Waals surface area contributed by atoms with Gasteiger partial charge in [0.1, 0.15) is 4.90 Å². The minimum Gasteiger partial charge on any atom is -0.322 e. The topological polar surface area (TPSA) is 94.5 Å². The second-order valence-corrected chi connectivity index (χ2v) is 9.62. The van der Waals surface area contributed by atoms with Crippen LogP contribution in [-0.2, 0) is 10.1 Å². The Morgan fingerprint density at radius 1 is 0.889 bits per heavy atom. The Kier molecular flexibility index (Phi) is 5.66. The van der Waals surface area contributed by atoms with Crippen LogP contribution in [0, 0.1) is 0 Å². The van der Waals surface area contributed by atoms with Crippen LogP contribution >= 0.6 is 0 Å². The van der Waals surface area contributed by atoms with Gasteiger partial charge in [-0.2, -0.15) is 8.42 Å². The Hall–Kier alpha value is -4.69. The summed E-state index contributed by atoms with van der Waals surface area (Å²) in [5.74, 6) is -0.407. The average Bonchev–Trinajstić information content (AvgIpc) is 2.90. The first kappa shape index (κ1) is 23.1. The second-order valence-electron chi connectivity index (χ2n) is 8.09. The summed E-state index contributed by atoms with van der Waals surface area (Å²) in [6, 6.07) is 22.9. The number of nitrogens with one attached hydrogen (secondary N) is 1. The summed E-state index contributed by atoms with van der Waals surface area (Å²) in [5, 5.41) is 5.32. The third-order valence-corrected chi connectivity index (χ3v) is 7.05. The summed E-state index contributed by atoms with van der Waals surface area (Å²) < 4.78 is 32.0. The van der Waals surface area contributed by atoms with Gasteiger partial charge in [0.05, 0.1) is 10.7 Å². The lowest BCUT2D eigenvalue weighted by Gasteiger charge is -2.13. The lowest BCUT2D eigenvalue weighted by atomic mass is 10.0. The van der Waals surface area contributed by atoms with E-state index in [0.29, 0.717) is 26.6 Å². The second kappa shape index (κ2) is 8.83. The number of amides is 1. The maximum absolute atomic E-state index is 13.1. The quantitative estimate of drug-likeness (QED) is 0.384. The fourth-order valence-corrected chi connectivity index (χ4v) is 4.91. The molecule has 0 fully saturated rings. The molecule has 0 aliphatic heterocycles. The van der Waals surface area contributed by atoms with Crippen molar-refractivity contribution in [1.82, 2.24) is 4.73 Å². The Morgan fingerprint density at radius 3 is 2.17 bits per heavy atom. The molecule has 178 valence electrons.